The second-order valence-corrected chi connectivity index (χ2v) is 5.95. The van der Waals surface area contributed by atoms with Gasteiger partial charge in [0.1, 0.15) is 5.75 Å². The van der Waals surface area contributed by atoms with Gasteiger partial charge in [0.05, 0.1) is 6.61 Å². The van der Waals surface area contributed by atoms with E-state index >= 15 is 0 Å². The minimum atomic E-state index is -0.940. The normalized spacial score (nSPS) is 18.9. The lowest BCUT2D eigenvalue weighted by Gasteiger charge is -2.26. The number of ether oxygens (including phenoxy) is 2. The van der Waals surface area contributed by atoms with E-state index in [9.17, 15) is 4.79 Å². The predicted octanol–water partition coefficient (Wildman–Crippen LogP) is 2.65. The first-order valence-corrected chi connectivity index (χ1v) is 7.16. The standard InChI is InChI=1S/C15H20ClNO3/c1-15(2,20-13-5-3-4-12(16)8-13)14(18)17-9-11-6-7-19-10-11/h3-5,8,11H,6-7,9-10H2,1-2H3,(H,17,18)/t11-/m1/s1. The zero-order chi connectivity index (χ0) is 14.6. The average Bonchev–Trinajstić information content (AvgIpc) is 2.88. The second kappa shape index (κ2) is 6.46. The van der Waals surface area contributed by atoms with E-state index in [0.717, 1.165) is 19.6 Å². The third kappa shape index (κ3) is 4.12. The largest absolute Gasteiger partial charge is 0.478 e. The number of benzene rings is 1. The Bertz CT molecular complexity index is 470. The number of rotatable bonds is 5. The van der Waals surface area contributed by atoms with Gasteiger partial charge in [0.25, 0.3) is 5.91 Å². The molecule has 1 N–H and O–H groups in total. The summed E-state index contributed by atoms with van der Waals surface area (Å²) >= 11 is 5.91. The van der Waals surface area contributed by atoms with Crippen LogP contribution in [0.25, 0.3) is 0 Å². The van der Waals surface area contributed by atoms with Gasteiger partial charge in [-0.3, -0.25) is 4.79 Å². The maximum atomic E-state index is 12.2. The van der Waals surface area contributed by atoms with Crippen molar-refractivity contribution >= 4 is 17.5 Å². The Balaban J connectivity index is 1.89. The Kier molecular flexibility index (Phi) is 4.89. The number of nitrogens with one attached hydrogen (secondary N) is 1. The molecule has 0 spiro atoms. The Morgan fingerprint density at radius 1 is 1.55 bits per heavy atom. The fourth-order valence-corrected chi connectivity index (χ4v) is 2.25. The molecule has 1 saturated heterocycles. The van der Waals surface area contributed by atoms with Crippen LogP contribution in [-0.4, -0.2) is 31.3 Å². The van der Waals surface area contributed by atoms with Crippen LogP contribution >= 0.6 is 11.6 Å². The number of carbonyl (C=O) groups excluding carboxylic acids is 1. The number of carbonyl (C=O) groups is 1. The van der Waals surface area contributed by atoms with Crippen LogP contribution in [0, 0.1) is 5.92 Å². The summed E-state index contributed by atoms with van der Waals surface area (Å²) in [5.41, 5.74) is -0.940. The van der Waals surface area contributed by atoms with E-state index in [1.165, 1.54) is 0 Å². The summed E-state index contributed by atoms with van der Waals surface area (Å²) in [5.74, 6) is 0.854. The average molecular weight is 298 g/mol. The van der Waals surface area contributed by atoms with E-state index in [0.29, 0.717) is 23.2 Å². The molecule has 1 heterocycles. The molecule has 1 aliphatic rings. The molecular weight excluding hydrogens is 278 g/mol. The quantitative estimate of drug-likeness (QED) is 0.909. The third-order valence-electron chi connectivity index (χ3n) is 3.29. The number of hydrogen-bond donors (Lipinski definition) is 1. The van der Waals surface area contributed by atoms with Crippen molar-refractivity contribution in [3.05, 3.63) is 29.3 Å². The highest BCUT2D eigenvalue weighted by Crippen LogP contribution is 2.22. The van der Waals surface area contributed by atoms with Gasteiger partial charge in [-0.05, 0) is 38.5 Å². The third-order valence-corrected chi connectivity index (χ3v) is 3.53. The molecule has 4 nitrogen and oxygen atoms in total. The van der Waals surface area contributed by atoms with E-state index < -0.39 is 5.60 Å². The zero-order valence-corrected chi connectivity index (χ0v) is 12.6. The van der Waals surface area contributed by atoms with Crippen LogP contribution in [0.3, 0.4) is 0 Å². The maximum absolute atomic E-state index is 12.2. The van der Waals surface area contributed by atoms with Crippen LogP contribution in [-0.2, 0) is 9.53 Å². The lowest BCUT2D eigenvalue weighted by atomic mass is 10.1. The lowest BCUT2D eigenvalue weighted by molar-refractivity contribution is -0.134. The van der Waals surface area contributed by atoms with Gasteiger partial charge in [0.15, 0.2) is 5.60 Å². The second-order valence-electron chi connectivity index (χ2n) is 5.51. The molecule has 110 valence electrons. The maximum Gasteiger partial charge on any atom is 0.263 e. The van der Waals surface area contributed by atoms with Gasteiger partial charge in [-0.25, -0.2) is 0 Å². The first kappa shape index (κ1) is 15.1. The molecule has 0 aliphatic carbocycles. The van der Waals surface area contributed by atoms with Crippen molar-refractivity contribution in [3.63, 3.8) is 0 Å². The molecule has 1 aromatic rings. The van der Waals surface area contributed by atoms with E-state index in [2.05, 4.69) is 5.32 Å². The molecule has 1 aliphatic heterocycles. The fraction of sp³-hybridized carbons (Fsp3) is 0.533. The Morgan fingerprint density at radius 2 is 2.35 bits per heavy atom. The van der Waals surface area contributed by atoms with Crippen LogP contribution in [0.1, 0.15) is 20.3 Å². The highest BCUT2D eigenvalue weighted by Gasteiger charge is 2.30. The highest BCUT2D eigenvalue weighted by molar-refractivity contribution is 6.30. The van der Waals surface area contributed by atoms with Crippen LogP contribution in [0.15, 0.2) is 24.3 Å². The van der Waals surface area contributed by atoms with Gasteiger partial charge in [-0.2, -0.15) is 0 Å². The van der Waals surface area contributed by atoms with Crippen molar-refractivity contribution in [2.24, 2.45) is 5.92 Å². The molecule has 0 aromatic heterocycles. The molecule has 20 heavy (non-hydrogen) atoms. The van der Waals surface area contributed by atoms with Crippen LogP contribution < -0.4 is 10.1 Å². The van der Waals surface area contributed by atoms with Crippen molar-refractivity contribution in [1.29, 1.82) is 0 Å². The summed E-state index contributed by atoms with van der Waals surface area (Å²) in [7, 11) is 0. The summed E-state index contributed by atoms with van der Waals surface area (Å²) < 4.78 is 11.0. The molecule has 0 bridgehead atoms. The monoisotopic (exact) mass is 297 g/mol. The van der Waals surface area contributed by atoms with Crippen molar-refractivity contribution in [2.75, 3.05) is 19.8 Å². The van der Waals surface area contributed by atoms with Crippen molar-refractivity contribution in [3.8, 4) is 5.75 Å². The van der Waals surface area contributed by atoms with Crippen molar-refractivity contribution < 1.29 is 14.3 Å². The van der Waals surface area contributed by atoms with Crippen molar-refractivity contribution in [2.45, 2.75) is 25.9 Å². The molecule has 1 atom stereocenters. The van der Waals surface area contributed by atoms with Gasteiger partial charge in [-0.1, -0.05) is 17.7 Å². The molecule has 1 amide bonds. The Hall–Kier alpha value is -1.26. The fourth-order valence-electron chi connectivity index (χ4n) is 2.07. The van der Waals surface area contributed by atoms with E-state index in [-0.39, 0.29) is 5.91 Å². The van der Waals surface area contributed by atoms with Gasteiger partial charge < -0.3 is 14.8 Å². The summed E-state index contributed by atoms with van der Waals surface area (Å²) in [6.07, 6.45) is 0.996. The SMILES string of the molecule is CC(C)(Oc1cccc(Cl)c1)C(=O)NC[C@H]1CCOC1. The molecule has 5 heteroatoms. The van der Waals surface area contributed by atoms with E-state index in [1.54, 1.807) is 38.1 Å². The van der Waals surface area contributed by atoms with Crippen LogP contribution in [0.2, 0.25) is 5.02 Å². The summed E-state index contributed by atoms with van der Waals surface area (Å²) in [4.78, 5) is 12.2. The Morgan fingerprint density at radius 3 is 3.00 bits per heavy atom. The number of amides is 1. The number of halogens is 1. The predicted molar refractivity (Wildman–Crippen MR) is 78.1 cm³/mol. The van der Waals surface area contributed by atoms with Gasteiger partial charge in [-0.15, -0.1) is 0 Å². The first-order chi connectivity index (χ1) is 9.47. The Labute approximate surface area is 124 Å². The van der Waals surface area contributed by atoms with Crippen LogP contribution in [0.4, 0.5) is 0 Å². The molecular formula is C15H20ClNO3. The molecule has 0 unspecified atom stereocenters. The molecule has 1 aromatic carbocycles. The lowest BCUT2D eigenvalue weighted by Crippen LogP contribution is -2.47. The summed E-state index contributed by atoms with van der Waals surface area (Å²) in [6.45, 7) is 5.61. The minimum Gasteiger partial charge on any atom is -0.478 e. The van der Waals surface area contributed by atoms with Crippen molar-refractivity contribution in [1.82, 2.24) is 5.32 Å². The molecule has 0 saturated carbocycles. The first-order valence-electron chi connectivity index (χ1n) is 6.78. The minimum absolute atomic E-state index is 0.135. The van der Waals surface area contributed by atoms with E-state index in [4.69, 9.17) is 21.1 Å². The van der Waals surface area contributed by atoms with Gasteiger partial charge in [0.2, 0.25) is 0 Å². The smallest absolute Gasteiger partial charge is 0.263 e. The highest BCUT2D eigenvalue weighted by atomic mass is 35.5. The topological polar surface area (TPSA) is 47.6 Å². The number of hydrogen-bond acceptors (Lipinski definition) is 3. The van der Waals surface area contributed by atoms with Gasteiger partial charge >= 0.3 is 0 Å². The van der Waals surface area contributed by atoms with E-state index in [1.807, 2.05) is 0 Å². The summed E-state index contributed by atoms with van der Waals surface area (Å²) in [5, 5.41) is 3.51. The van der Waals surface area contributed by atoms with Gasteiger partial charge in [0, 0.05) is 24.1 Å². The van der Waals surface area contributed by atoms with Crippen LogP contribution in [0.5, 0.6) is 5.75 Å². The molecule has 2 rings (SSSR count). The molecule has 1 fully saturated rings. The zero-order valence-electron chi connectivity index (χ0n) is 11.8. The molecule has 0 radical (unpaired) electrons. The summed E-state index contributed by atoms with van der Waals surface area (Å²) in [6, 6.07) is 7.04.